The average Bonchev–Trinajstić information content (AvgIpc) is 2.77. The average molecular weight is 276 g/mol. The van der Waals surface area contributed by atoms with E-state index in [1.54, 1.807) is 11.3 Å². The van der Waals surface area contributed by atoms with E-state index in [1.165, 1.54) is 4.70 Å². The van der Waals surface area contributed by atoms with Crippen LogP contribution in [-0.4, -0.2) is 29.4 Å². The van der Waals surface area contributed by atoms with Gasteiger partial charge >= 0.3 is 0 Å². The third kappa shape index (κ3) is 3.77. The first-order valence-electron chi connectivity index (χ1n) is 6.64. The Kier molecular flexibility index (Phi) is 4.53. The summed E-state index contributed by atoms with van der Waals surface area (Å²) in [5, 5.41) is 1.05. The normalized spacial score (nSPS) is 11.2. The molecule has 1 heterocycles. The minimum atomic E-state index is 0.202. The first-order valence-corrected chi connectivity index (χ1v) is 7.46. The number of benzene rings is 1. The minimum absolute atomic E-state index is 0.202. The maximum Gasteiger partial charge on any atom is 0.222 e. The van der Waals surface area contributed by atoms with Crippen LogP contribution in [0.4, 0.5) is 0 Å². The van der Waals surface area contributed by atoms with Crippen LogP contribution in [0.2, 0.25) is 0 Å². The highest BCUT2D eigenvalue weighted by molar-refractivity contribution is 7.18. The van der Waals surface area contributed by atoms with E-state index in [9.17, 15) is 4.79 Å². The molecule has 1 aromatic heterocycles. The van der Waals surface area contributed by atoms with Crippen molar-refractivity contribution in [3.63, 3.8) is 0 Å². The van der Waals surface area contributed by atoms with Crippen LogP contribution in [-0.2, 0) is 11.2 Å². The molecule has 0 radical (unpaired) electrons. The molecule has 0 saturated heterocycles. The van der Waals surface area contributed by atoms with Gasteiger partial charge in [-0.15, -0.1) is 11.3 Å². The molecule has 0 fully saturated rings. The number of aryl methyl sites for hydroxylation is 1. The Morgan fingerprint density at radius 3 is 2.79 bits per heavy atom. The molecule has 3 nitrogen and oxygen atoms in total. The standard InChI is InChI=1S/C15H20N2OS/c1-11(2)10-17(3)15(18)9-8-14-16-12-6-4-5-7-13(12)19-14/h4-7,11H,8-10H2,1-3H3. The quantitative estimate of drug-likeness (QED) is 0.839. The van der Waals surface area contributed by atoms with Crippen molar-refractivity contribution in [1.82, 2.24) is 9.88 Å². The van der Waals surface area contributed by atoms with Gasteiger partial charge in [0.1, 0.15) is 0 Å². The maximum atomic E-state index is 12.0. The smallest absolute Gasteiger partial charge is 0.222 e. The fourth-order valence-corrected chi connectivity index (χ4v) is 3.05. The van der Waals surface area contributed by atoms with E-state index in [1.807, 2.05) is 30.1 Å². The van der Waals surface area contributed by atoms with Crippen LogP contribution in [0.25, 0.3) is 10.2 Å². The highest BCUT2D eigenvalue weighted by Gasteiger charge is 2.11. The third-order valence-corrected chi connectivity index (χ3v) is 4.05. The monoisotopic (exact) mass is 276 g/mol. The lowest BCUT2D eigenvalue weighted by molar-refractivity contribution is -0.130. The van der Waals surface area contributed by atoms with E-state index in [2.05, 4.69) is 24.9 Å². The first-order chi connectivity index (χ1) is 9.06. The van der Waals surface area contributed by atoms with Crippen LogP contribution in [0.5, 0.6) is 0 Å². The first kappa shape index (κ1) is 14.0. The zero-order valence-electron chi connectivity index (χ0n) is 11.7. The van der Waals surface area contributed by atoms with Gasteiger partial charge in [-0.25, -0.2) is 4.98 Å². The van der Waals surface area contributed by atoms with Gasteiger partial charge in [0.05, 0.1) is 15.2 Å². The van der Waals surface area contributed by atoms with E-state index >= 15 is 0 Å². The van der Waals surface area contributed by atoms with Crippen molar-refractivity contribution in [2.24, 2.45) is 5.92 Å². The summed E-state index contributed by atoms with van der Waals surface area (Å²) in [6.07, 6.45) is 1.28. The molecule has 4 heteroatoms. The summed E-state index contributed by atoms with van der Waals surface area (Å²) < 4.78 is 1.19. The number of amides is 1. The predicted octanol–water partition coefficient (Wildman–Crippen LogP) is 3.34. The minimum Gasteiger partial charge on any atom is -0.345 e. The predicted molar refractivity (Wildman–Crippen MR) is 80.4 cm³/mol. The lowest BCUT2D eigenvalue weighted by atomic mass is 10.2. The molecule has 1 amide bonds. The summed E-state index contributed by atoms with van der Waals surface area (Å²) in [7, 11) is 1.88. The van der Waals surface area contributed by atoms with Gasteiger partial charge in [-0.2, -0.15) is 0 Å². The van der Waals surface area contributed by atoms with Crippen LogP contribution >= 0.6 is 11.3 Å². The van der Waals surface area contributed by atoms with Crippen molar-refractivity contribution in [3.05, 3.63) is 29.3 Å². The second kappa shape index (κ2) is 6.15. The summed E-state index contributed by atoms with van der Waals surface area (Å²) in [5.41, 5.74) is 1.03. The Morgan fingerprint density at radius 1 is 1.37 bits per heavy atom. The number of rotatable bonds is 5. The van der Waals surface area contributed by atoms with Crippen LogP contribution in [0.1, 0.15) is 25.3 Å². The van der Waals surface area contributed by atoms with Gasteiger partial charge in [0, 0.05) is 26.4 Å². The van der Waals surface area contributed by atoms with Gasteiger partial charge < -0.3 is 4.90 Å². The lowest BCUT2D eigenvalue weighted by Crippen LogP contribution is -2.30. The Labute approximate surface area is 118 Å². The summed E-state index contributed by atoms with van der Waals surface area (Å²) in [6.45, 7) is 5.06. The molecule has 19 heavy (non-hydrogen) atoms. The van der Waals surface area contributed by atoms with Crippen molar-refractivity contribution in [3.8, 4) is 0 Å². The zero-order chi connectivity index (χ0) is 13.8. The lowest BCUT2D eigenvalue weighted by Gasteiger charge is -2.18. The molecule has 0 aliphatic rings. The molecule has 102 valence electrons. The van der Waals surface area contributed by atoms with Crippen molar-refractivity contribution in [2.75, 3.05) is 13.6 Å². The molecule has 2 rings (SSSR count). The molecule has 2 aromatic rings. The van der Waals surface area contributed by atoms with Crippen LogP contribution in [0.3, 0.4) is 0 Å². The number of hydrogen-bond acceptors (Lipinski definition) is 3. The largest absolute Gasteiger partial charge is 0.345 e. The second-order valence-corrected chi connectivity index (χ2v) is 6.36. The Morgan fingerprint density at radius 2 is 2.11 bits per heavy atom. The summed E-state index contributed by atoms with van der Waals surface area (Å²) in [6, 6.07) is 8.10. The van der Waals surface area contributed by atoms with Crippen molar-refractivity contribution in [1.29, 1.82) is 0 Å². The van der Waals surface area contributed by atoms with E-state index < -0.39 is 0 Å². The Hall–Kier alpha value is -1.42. The summed E-state index contributed by atoms with van der Waals surface area (Å²) in [5.74, 6) is 0.712. The van der Waals surface area contributed by atoms with Gasteiger partial charge in [0.15, 0.2) is 0 Å². The van der Waals surface area contributed by atoms with Crippen LogP contribution in [0.15, 0.2) is 24.3 Å². The third-order valence-electron chi connectivity index (χ3n) is 2.96. The van der Waals surface area contributed by atoms with E-state index in [0.717, 1.165) is 23.5 Å². The topological polar surface area (TPSA) is 33.2 Å². The van der Waals surface area contributed by atoms with Gasteiger partial charge in [0.2, 0.25) is 5.91 Å². The highest BCUT2D eigenvalue weighted by Crippen LogP contribution is 2.22. The summed E-state index contributed by atoms with van der Waals surface area (Å²) in [4.78, 5) is 18.3. The van der Waals surface area contributed by atoms with E-state index in [0.29, 0.717) is 12.3 Å². The molecule has 0 bridgehead atoms. The molecular weight excluding hydrogens is 256 g/mol. The van der Waals surface area contributed by atoms with Crippen LogP contribution in [0, 0.1) is 5.92 Å². The van der Waals surface area contributed by atoms with Gasteiger partial charge in [-0.3, -0.25) is 4.79 Å². The number of para-hydroxylation sites is 1. The Balaban J connectivity index is 1.93. The summed E-state index contributed by atoms with van der Waals surface area (Å²) >= 11 is 1.68. The number of carbonyl (C=O) groups is 1. The molecular formula is C15H20N2OS. The van der Waals surface area contributed by atoms with E-state index in [-0.39, 0.29) is 5.91 Å². The maximum absolute atomic E-state index is 12.0. The Bertz CT molecular complexity index is 529. The molecule has 0 spiro atoms. The van der Waals surface area contributed by atoms with Gasteiger partial charge in [-0.1, -0.05) is 26.0 Å². The number of nitrogens with zero attached hydrogens (tertiary/aromatic N) is 2. The van der Waals surface area contributed by atoms with Crippen LogP contribution < -0.4 is 0 Å². The molecule has 0 atom stereocenters. The number of thiazole rings is 1. The molecule has 1 aromatic carbocycles. The van der Waals surface area contributed by atoms with Gasteiger partial charge in [0.25, 0.3) is 0 Å². The highest BCUT2D eigenvalue weighted by atomic mass is 32.1. The zero-order valence-corrected chi connectivity index (χ0v) is 12.5. The van der Waals surface area contributed by atoms with Gasteiger partial charge in [-0.05, 0) is 18.1 Å². The number of aromatic nitrogens is 1. The van der Waals surface area contributed by atoms with E-state index in [4.69, 9.17) is 0 Å². The molecule has 0 N–H and O–H groups in total. The number of fused-ring (bicyclic) bond motifs is 1. The second-order valence-electron chi connectivity index (χ2n) is 5.24. The molecule has 0 unspecified atom stereocenters. The fraction of sp³-hybridized carbons (Fsp3) is 0.467. The van der Waals surface area contributed by atoms with Crippen molar-refractivity contribution in [2.45, 2.75) is 26.7 Å². The number of hydrogen-bond donors (Lipinski definition) is 0. The van der Waals surface area contributed by atoms with Crippen molar-refractivity contribution < 1.29 is 4.79 Å². The molecule has 0 saturated carbocycles. The van der Waals surface area contributed by atoms with Crippen molar-refractivity contribution >= 4 is 27.5 Å². The number of carbonyl (C=O) groups excluding carboxylic acids is 1. The fourth-order valence-electron chi connectivity index (χ4n) is 2.08. The SMILES string of the molecule is CC(C)CN(C)C(=O)CCc1nc2ccccc2s1. The molecule has 0 aliphatic carbocycles. The molecule has 0 aliphatic heterocycles.